The molecule has 0 saturated heterocycles. The number of pyridine rings is 1. The first-order valence-corrected chi connectivity index (χ1v) is 5.66. The van der Waals surface area contributed by atoms with E-state index >= 15 is 0 Å². The Morgan fingerprint density at radius 1 is 1.25 bits per heavy atom. The van der Waals surface area contributed by atoms with Crippen molar-refractivity contribution in [3.63, 3.8) is 0 Å². The Balaban J connectivity index is 2.24. The SMILES string of the molecule is Cc1ccnc(Sc2cc(C)c(N)cn2)n1. The quantitative estimate of drug-likeness (QED) is 0.804. The molecule has 0 fully saturated rings. The van der Waals surface area contributed by atoms with Crippen LogP contribution in [0.3, 0.4) is 0 Å². The number of rotatable bonds is 2. The average molecular weight is 232 g/mol. The summed E-state index contributed by atoms with van der Waals surface area (Å²) in [6.07, 6.45) is 3.41. The van der Waals surface area contributed by atoms with Crippen LogP contribution < -0.4 is 5.73 Å². The maximum absolute atomic E-state index is 5.70. The maximum atomic E-state index is 5.70. The Morgan fingerprint density at radius 3 is 2.75 bits per heavy atom. The van der Waals surface area contributed by atoms with Crippen molar-refractivity contribution in [2.45, 2.75) is 24.0 Å². The van der Waals surface area contributed by atoms with Gasteiger partial charge in [0, 0.05) is 11.9 Å². The molecule has 2 N–H and O–H groups in total. The molecule has 0 unspecified atom stereocenters. The van der Waals surface area contributed by atoms with Gasteiger partial charge in [0.15, 0.2) is 5.16 Å². The van der Waals surface area contributed by atoms with Gasteiger partial charge >= 0.3 is 0 Å². The second-order valence-corrected chi connectivity index (χ2v) is 4.45. The fourth-order valence-electron chi connectivity index (χ4n) is 1.17. The first kappa shape index (κ1) is 10.9. The molecule has 16 heavy (non-hydrogen) atoms. The predicted octanol–water partition coefficient (Wildman–Crippen LogP) is 2.22. The van der Waals surface area contributed by atoms with Crippen LogP contribution in [0.15, 0.2) is 34.7 Å². The van der Waals surface area contributed by atoms with E-state index in [0.29, 0.717) is 10.8 Å². The zero-order valence-electron chi connectivity index (χ0n) is 9.14. The lowest BCUT2D eigenvalue weighted by molar-refractivity contribution is 0.927. The number of anilines is 1. The van der Waals surface area contributed by atoms with Crippen LogP contribution in [0.1, 0.15) is 11.3 Å². The van der Waals surface area contributed by atoms with Gasteiger partial charge in [-0.05, 0) is 43.3 Å². The Morgan fingerprint density at radius 2 is 2.06 bits per heavy atom. The summed E-state index contributed by atoms with van der Waals surface area (Å²) in [5, 5.41) is 1.56. The van der Waals surface area contributed by atoms with Gasteiger partial charge in [0.2, 0.25) is 0 Å². The molecule has 0 amide bonds. The monoisotopic (exact) mass is 232 g/mol. The second-order valence-electron chi connectivity index (χ2n) is 3.46. The van der Waals surface area contributed by atoms with Crippen molar-refractivity contribution >= 4 is 17.4 Å². The third-order valence-corrected chi connectivity index (χ3v) is 2.91. The van der Waals surface area contributed by atoms with Gasteiger partial charge in [-0.15, -0.1) is 0 Å². The molecular formula is C11H12N4S. The first-order chi connectivity index (χ1) is 7.65. The molecule has 0 saturated carbocycles. The van der Waals surface area contributed by atoms with E-state index in [9.17, 15) is 0 Å². The molecule has 2 aromatic heterocycles. The molecule has 0 aliphatic carbocycles. The number of nitrogens with zero attached hydrogens (tertiary/aromatic N) is 3. The standard InChI is InChI=1S/C11H12N4S/c1-7-5-10(14-6-9(7)12)16-11-13-4-3-8(2)15-11/h3-6H,12H2,1-2H3. The molecule has 4 nitrogen and oxygen atoms in total. The molecule has 0 bridgehead atoms. The van der Waals surface area contributed by atoms with Gasteiger partial charge in [-0.25, -0.2) is 15.0 Å². The van der Waals surface area contributed by atoms with E-state index in [2.05, 4.69) is 15.0 Å². The lowest BCUT2D eigenvalue weighted by Gasteiger charge is -2.03. The average Bonchev–Trinajstić information content (AvgIpc) is 2.24. The van der Waals surface area contributed by atoms with Crippen LogP contribution in [0.25, 0.3) is 0 Å². The van der Waals surface area contributed by atoms with E-state index in [4.69, 9.17) is 5.73 Å². The summed E-state index contributed by atoms with van der Waals surface area (Å²) >= 11 is 1.44. The van der Waals surface area contributed by atoms with Gasteiger partial charge in [-0.2, -0.15) is 0 Å². The van der Waals surface area contributed by atoms with Gasteiger partial charge < -0.3 is 5.73 Å². The Bertz CT molecular complexity index is 513. The van der Waals surface area contributed by atoms with Gasteiger partial charge in [0.1, 0.15) is 5.03 Å². The molecule has 5 heteroatoms. The van der Waals surface area contributed by atoms with E-state index in [1.54, 1.807) is 12.4 Å². The molecule has 2 rings (SSSR count). The summed E-state index contributed by atoms with van der Waals surface area (Å²) in [5.74, 6) is 0. The summed E-state index contributed by atoms with van der Waals surface area (Å²) in [4.78, 5) is 12.7. The van der Waals surface area contributed by atoms with Crippen LogP contribution in [0.5, 0.6) is 0 Å². The molecular weight excluding hydrogens is 220 g/mol. The van der Waals surface area contributed by atoms with Crippen LogP contribution in [0.4, 0.5) is 5.69 Å². The lowest BCUT2D eigenvalue weighted by atomic mass is 10.3. The lowest BCUT2D eigenvalue weighted by Crippen LogP contribution is -1.93. The Labute approximate surface area is 98.3 Å². The van der Waals surface area contributed by atoms with Crippen LogP contribution in [-0.2, 0) is 0 Å². The van der Waals surface area contributed by atoms with Crippen molar-refractivity contribution in [2.24, 2.45) is 0 Å². The molecule has 0 atom stereocenters. The highest BCUT2D eigenvalue weighted by molar-refractivity contribution is 7.99. The van der Waals surface area contributed by atoms with Gasteiger partial charge in [-0.1, -0.05) is 0 Å². The molecule has 2 heterocycles. The van der Waals surface area contributed by atoms with Gasteiger partial charge in [0.25, 0.3) is 0 Å². The van der Waals surface area contributed by atoms with Crippen molar-refractivity contribution in [1.29, 1.82) is 0 Å². The third kappa shape index (κ3) is 2.49. The summed E-state index contributed by atoms with van der Waals surface area (Å²) in [6, 6.07) is 3.80. The number of nitrogens with two attached hydrogens (primary N) is 1. The number of hydrogen-bond acceptors (Lipinski definition) is 5. The highest BCUT2D eigenvalue weighted by Crippen LogP contribution is 2.24. The van der Waals surface area contributed by atoms with Crippen molar-refractivity contribution in [2.75, 3.05) is 5.73 Å². The fraction of sp³-hybridized carbons (Fsp3) is 0.182. The Hall–Kier alpha value is -1.62. The van der Waals surface area contributed by atoms with Gasteiger partial charge in [-0.3, -0.25) is 0 Å². The molecule has 0 radical (unpaired) electrons. The van der Waals surface area contributed by atoms with Crippen molar-refractivity contribution in [1.82, 2.24) is 15.0 Å². The van der Waals surface area contributed by atoms with Crippen LogP contribution in [0, 0.1) is 13.8 Å². The van der Waals surface area contributed by atoms with E-state index in [-0.39, 0.29) is 0 Å². The van der Waals surface area contributed by atoms with Crippen LogP contribution in [0.2, 0.25) is 0 Å². The maximum Gasteiger partial charge on any atom is 0.194 e. The smallest absolute Gasteiger partial charge is 0.194 e. The fourth-order valence-corrected chi connectivity index (χ4v) is 2.00. The summed E-state index contributed by atoms with van der Waals surface area (Å²) < 4.78 is 0. The first-order valence-electron chi connectivity index (χ1n) is 4.85. The van der Waals surface area contributed by atoms with E-state index in [1.165, 1.54) is 11.8 Å². The summed E-state index contributed by atoms with van der Waals surface area (Å²) in [5.41, 5.74) is 8.37. The molecule has 0 aromatic carbocycles. The van der Waals surface area contributed by atoms with Crippen LogP contribution in [-0.4, -0.2) is 15.0 Å². The number of aromatic nitrogens is 3. The van der Waals surface area contributed by atoms with E-state index in [1.807, 2.05) is 26.0 Å². The van der Waals surface area contributed by atoms with E-state index < -0.39 is 0 Å². The zero-order valence-corrected chi connectivity index (χ0v) is 9.95. The topological polar surface area (TPSA) is 64.7 Å². The Kier molecular flexibility index (Phi) is 3.05. The van der Waals surface area contributed by atoms with Crippen molar-refractivity contribution in [3.05, 3.63) is 35.8 Å². The highest BCUT2D eigenvalue weighted by atomic mass is 32.2. The molecule has 0 aliphatic rings. The minimum atomic E-state index is 0.703. The van der Waals surface area contributed by atoms with Gasteiger partial charge in [0.05, 0.1) is 11.9 Å². The zero-order chi connectivity index (χ0) is 11.5. The van der Waals surface area contributed by atoms with Crippen molar-refractivity contribution < 1.29 is 0 Å². The van der Waals surface area contributed by atoms with E-state index in [0.717, 1.165) is 16.3 Å². The normalized spacial score (nSPS) is 10.4. The third-order valence-electron chi connectivity index (χ3n) is 2.09. The number of hydrogen-bond donors (Lipinski definition) is 1. The summed E-state index contributed by atoms with van der Waals surface area (Å²) in [6.45, 7) is 3.89. The van der Waals surface area contributed by atoms with Crippen molar-refractivity contribution in [3.8, 4) is 0 Å². The molecule has 0 spiro atoms. The molecule has 82 valence electrons. The second kappa shape index (κ2) is 4.49. The highest BCUT2D eigenvalue weighted by Gasteiger charge is 2.03. The summed E-state index contributed by atoms with van der Waals surface area (Å²) in [7, 11) is 0. The minimum absolute atomic E-state index is 0.703. The predicted molar refractivity (Wildman–Crippen MR) is 64.3 cm³/mol. The molecule has 0 aliphatic heterocycles. The molecule has 2 aromatic rings. The number of nitrogen functional groups attached to an aromatic ring is 1. The largest absolute Gasteiger partial charge is 0.397 e. The number of aryl methyl sites for hydroxylation is 2. The van der Waals surface area contributed by atoms with Crippen LogP contribution >= 0.6 is 11.8 Å². The minimum Gasteiger partial charge on any atom is -0.397 e.